The smallest absolute Gasteiger partial charge is 0.306 e. The van der Waals surface area contributed by atoms with Crippen molar-refractivity contribution in [2.75, 3.05) is 19.8 Å². The molecule has 5 heteroatoms. The van der Waals surface area contributed by atoms with Gasteiger partial charge in [0.1, 0.15) is 6.61 Å². The molecule has 354 valence electrons. The van der Waals surface area contributed by atoms with Crippen molar-refractivity contribution in [3.05, 3.63) is 97.2 Å². The number of unbranched alkanes of at least 4 members (excludes halogenated alkanes) is 19. The Hall–Kier alpha value is -3.18. The molecule has 0 bridgehead atoms. The Morgan fingerprint density at radius 3 is 1.16 bits per heavy atom. The number of allylic oxidation sites excluding steroid dienone is 16. The quantitative estimate of drug-likeness (QED) is 0.0347. The molecule has 0 aromatic rings. The van der Waals surface area contributed by atoms with Gasteiger partial charge < -0.3 is 14.2 Å². The fraction of sp³-hybridized carbons (Fsp3) is 0.684. The first-order chi connectivity index (χ1) is 30.6. The molecule has 0 spiro atoms. The minimum Gasteiger partial charge on any atom is -0.462 e. The van der Waals surface area contributed by atoms with Crippen molar-refractivity contribution in [3.63, 3.8) is 0 Å². The van der Waals surface area contributed by atoms with Crippen LogP contribution in [0.5, 0.6) is 0 Å². The predicted molar refractivity (Wildman–Crippen MR) is 270 cm³/mol. The van der Waals surface area contributed by atoms with Gasteiger partial charge in [0.05, 0.1) is 6.61 Å². The van der Waals surface area contributed by atoms with Crippen molar-refractivity contribution in [1.82, 2.24) is 0 Å². The van der Waals surface area contributed by atoms with Crippen LogP contribution in [0.15, 0.2) is 97.2 Å². The Kier molecular flexibility index (Phi) is 49.5. The van der Waals surface area contributed by atoms with Crippen LogP contribution in [-0.2, 0) is 23.8 Å². The zero-order valence-corrected chi connectivity index (χ0v) is 40.6. The Balaban J connectivity index is 4.32. The normalized spacial score (nSPS) is 13.0. The van der Waals surface area contributed by atoms with E-state index in [2.05, 4.69) is 118 Å². The molecule has 0 fully saturated rings. The Morgan fingerprint density at radius 2 is 0.726 bits per heavy atom. The molecule has 1 atom stereocenters. The summed E-state index contributed by atoms with van der Waals surface area (Å²) in [6.07, 6.45) is 69.8. The van der Waals surface area contributed by atoms with Gasteiger partial charge in [-0.15, -0.1) is 0 Å². The lowest BCUT2D eigenvalue weighted by Gasteiger charge is -2.18. The van der Waals surface area contributed by atoms with Gasteiger partial charge in [0.2, 0.25) is 0 Å². The predicted octanol–water partition coefficient (Wildman–Crippen LogP) is 17.5. The standard InChI is InChI=1S/C57H96O5/c1-4-7-10-13-16-19-22-25-27-28-29-31-34-37-40-43-46-49-52-60-53-55(62-57(59)51-48-45-42-39-36-32-24-21-18-15-12-9-6-3)54-61-56(58)50-47-44-41-38-35-33-30-26-23-20-17-14-11-8-5-2/h7-8,10-12,15-17,19-21,24-27,30,55H,4-6,9,13-14,18,22-23,28-29,31-54H2,1-3H3/b10-7-,11-8-,15-12-,19-16-,20-17-,24-21-,27-25-,30-26-. The molecule has 0 aliphatic heterocycles. The van der Waals surface area contributed by atoms with Crippen LogP contribution in [0, 0.1) is 0 Å². The highest BCUT2D eigenvalue weighted by Gasteiger charge is 2.17. The third-order valence-electron chi connectivity index (χ3n) is 10.6. The van der Waals surface area contributed by atoms with E-state index in [9.17, 15) is 9.59 Å². The Labute approximate surface area is 383 Å². The van der Waals surface area contributed by atoms with Gasteiger partial charge in [-0.25, -0.2) is 0 Å². The summed E-state index contributed by atoms with van der Waals surface area (Å²) in [7, 11) is 0. The highest BCUT2D eigenvalue weighted by Crippen LogP contribution is 2.13. The number of ether oxygens (including phenoxy) is 3. The number of rotatable bonds is 46. The third kappa shape index (κ3) is 49.5. The fourth-order valence-corrected chi connectivity index (χ4v) is 6.81. The van der Waals surface area contributed by atoms with E-state index in [0.717, 1.165) is 116 Å². The molecular weight excluding hydrogens is 765 g/mol. The number of hydrogen-bond donors (Lipinski definition) is 0. The maximum atomic E-state index is 12.8. The summed E-state index contributed by atoms with van der Waals surface area (Å²) >= 11 is 0. The minimum absolute atomic E-state index is 0.0627. The fourth-order valence-electron chi connectivity index (χ4n) is 6.81. The molecule has 5 nitrogen and oxygen atoms in total. The van der Waals surface area contributed by atoms with Crippen LogP contribution in [-0.4, -0.2) is 37.9 Å². The van der Waals surface area contributed by atoms with Gasteiger partial charge in [0.15, 0.2) is 6.10 Å². The number of carbonyl (C=O) groups excluding carboxylic acids is 2. The molecule has 0 radical (unpaired) electrons. The van der Waals surface area contributed by atoms with E-state index in [1.807, 2.05) is 0 Å². The van der Waals surface area contributed by atoms with Crippen LogP contribution < -0.4 is 0 Å². The molecule has 0 saturated heterocycles. The molecule has 0 rings (SSSR count). The second-order valence-electron chi connectivity index (χ2n) is 16.7. The van der Waals surface area contributed by atoms with Gasteiger partial charge in [-0.3, -0.25) is 9.59 Å². The van der Waals surface area contributed by atoms with Gasteiger partial charge >= 0.3 is 11.9 Å². The second-order valence-corrected chi connectivity index (χ2v) is 16.7. The first kappa shape index (κ1) is 58.8. The van der Waals surface area contributed by atoms with Gasteiger partial charge in [-0.05, 0) is 109 Å². The van der Waals surface area contributed by atoms with E-state index in [4.69, 9.17) is 14.2 Å². The van der Waals surface area contributed by atoms with Crippen LogP contribution in [0.1, 0.15) is 226 Å². The molecule has 1 unspecified atom stereocenters. The summed E-state index contributed by atoms with van der Waals surface area (Å²) in [5.41, 5.74) is 0. The second kappa shape index (κ2) is 52.2. The Bertz CT molecular complexity index is 1200. The van der Waals surface area contributed by atoms with Crippen molar-refractivity contribution in [3.8, 4) is 0 Å². The molecule has 62 heavy (non-hydrogen) atoms. The monoisotopic (exact) mass is 861 g/mol. The van der Waals surface area contributed by atoms with Gasteiger partial charge in [-0.2, -0.15) is 0 Å². The maximum absolute atomic E-state index is 12.8. The van der Waals surface area contributed by atoms with E-state index >= 15 is 0 Å². The summed E-state index contributed by atoms with van der Waals surface area (Å²) in [6.45, 7) is 7.49. The summed E-state index contributed by atoms with van der Waals surface area (Å²) in [5, 5.41) is 0. The van der Waals surface area contributed by atoms with Gasteiger partial charge in [0.25, 0.3) is 0 Å². The number of carbonyl (C=O) groups is 2. The van der Waals surface area contributed by atoms with Crippen LogP contribution in [0.2, 0.25) is 0 Å². The van der Waals surface area contributed by atoms with Crippen LogP contribution in [0.4, 0.5) is 0 Å². The SMILES string of the molecule is CC/C=C\C/C=C\C/C=C\CCCCCCCCCCOCC(COC(=O)CCCCCCC/C=C\C/C=C\C/C=C\CC)OC(=O)CCCCCCC/C=C\C/C=C\CCC. The Morgan fingerprint density at radius 1 is 0.371 bits per heavy atom. The summed E-state index contributed by atoms with van der Waals surface area (Å²) in [6, 6.07) is 0. The average Bonchev–Trinajstić information content (AvgIpc) is 3.27. The van der Waals surface area contributed by atoms with Crippen LogP contribution in [0.25, 0.3) is 0 Å². The number of esters is 2. The molecule has 0 aromatic carbocycles. The first-order valence-corrected chi connectivity index (χ1v) is 25.8. The number of hydrogen-bond acceptors (Lipinski definition) is 5. The molecule has 0 N–H and O–H groups in total. The zero-order chi connectivity index (χ0) is 44.9. The molecule has 0 heterocycles. The van der Waals surface area contributed by atoms with Crippen molar-refractivity contribution >= 4 is 11.9 Å². The molecular formula is C57H96O5. The summed E-state index contributed by atoms with van der Waals surface area (Å²) < 4.78 is 17.4. The summed E-state index contributed by atoms with van der Waals surface area (Å²) in [5.74, 6) is -0.440. The highest BCUT2D eigenvalue weighted by molar-refractivity contribution is 5.70. The van der Waals surface area contributed by atoms with Crippen molar-refractivity contribution < 1.29 is 23.8 Å². The van der Waals surface area contributed by atoms with Gasteiger partial charge in [-0.1, -0.05) is 201 Å². The van der Waals surface area contributed by atoms with E-state index in [1.165, 1.54) is 77.0 Å². The zero-order valence-electron chi connectivity index (χ0n) is 40.6. The molecule has 0 amide bonds. The minimum atomic E-state index is -0.559. The molecule has 0 aliphatic carbocycles. The third-order valence-corrected chi connectivity index (χ3v) is 10.6. The average molecular weight is 861 g/mol. The lowest BCUT2D eigenvalue weighted by Crippen LogP contribution is -2.30. The topological polar surface area (TPSA) is 61.8 Å². The van der Waals surface area contributed by atoms with E-state index in [-0.39, 0.29) is 25.2 Å². The van der Waals surface area contributed by atoms with Crippen molar-refractivity contribution in [2.45, 2.75) is 232 Å². The van der Waals surface area contributed by atoms with Crippen molar-refractivity contribution in [1.29, 1.82) is 0 Å². The molecule has 0 aromatic heterocycles. The largest absolute Gasteiger partial charge is 0.462 e. The lowest BCUT2D eigenvalue weighted by atomic mass is 10.1. The highest BCUT2D eigenvalue weighted by atomic mass is 16.6. The molecule has 0 saturated carbocycles. The van der Waals surface area contributed by atoms with E-state index in [1.54, 1.807) is 0 Å². The first-order valence-electron chi connectivity index (χ1n) is 25.8. The lowest BCUT2D eigenvalue weighted by molar-refractivity contribution is -0.163. The van der Waals surface area contributed by atoms with Crippen molar-refractivity contribution in [2.24, 2.45) is 0 Å². The molecule has 0 aliphatic rings. The van der Waals surface area contributed by atoms with E-state index in [0.29, 0.717) is 19.4 Å². The van der Waals surface area contributed by atoms with Crippen LogP contribution in [0.3, 0.4) is 0 Å². The van der Waals surface area contributed by atoms with Crippen LogP contribution >= 0.6 is 0 Å². The maximum Gasteiger partial charge on any atom is 0.306 e. The van der Waals surface area contributed by atoms with E-state index < -0.39 is 6.10 Å². The van der Waals surface area contributed by atoms with Gasteiger partial charge in [0, 0.05) is 19.4 Å². The summed E-state index contributed by atoms with van der Waals surface area (Å²) in [4.78, 5) is 25.4.